The van der Waals surface area contributed by atoms with Gasteiger partial charge in [0.1, 0.15) is 11.5 Å². The number of piperidine rings is 1. The van der Waals surface area contributed by atoms with Gasteiger partial charge in [-0.1, -0.05) is 24.1 Å². The highest BCUT2D eigenvalue weighted by molar-refractivity contribution is 7.91. The Labute approximate surface area is 199 Å². The van der Waals surface area contributed by atoms with Crippen LogP contribution in [0.15, 0.2) is 41.3 Å². The van der Waals surface area contributed by atoms with Crippen molar-refractivity contribution in [1.29, 1.82) is 0 Å². The summed E-state index contributed by atoms with van der Waals surface area (Å²) < 4.78 is 55.6. The van der Waals surface area contributed by atoms with Crippen LogP contribution in [0.2, 0.25) is 5.02 Å². The van der Waals surface area contributed by atoms with E-state index in [2.05, 4.69) is 15.0 Å². The van der Waals surface area contributed by atoms with Gasteiger partial charge in [-0.25, -0.2) is 0 Å². The molecule has 2 aromatic carbocycles. The number of nitrogens with one attached hydrogen (secondary N) is 1. The molecule has 180 valence electrons. The first-order chi connectivity index (χ1) is 15.7. The maximum atomic E-state index is 13.0. The van der Waals surface area contributed by atoms with E-state index in [0.29, 0.717) is 33.3 Å². The number of hydrogen-bond acceptors (Lipinski definition) is 4. The fourth-order valence-corrected chi connectivity index (χ4v) is 4.89. The molecule has 3 rings (SSSR count). The number of alkyl halides is 3. The lowest BCUT2D eigenvalue weighted by Crippen LogP contribution is -2.30. The molecule has 1 heterocycles. The molecule has 1 unspecified atom stereocenters. The number of ether oxygens (including phenoxy) is 1. The highest BCUT2D eigenvalue weighted by atomic mass is 35.5. The zero-order chi connectivity index (χ0) is 24.0. The summed E-state index contributed by atoms with van der Waals surface area (Å²) in [6, 6.07) is 8.99. The Morgan fingerprint density at radius 1 is 1.15 bits per heavy atom. The van der Waals surface area contributed by atoms with Crippen LogP contribution in [0.1, 0.15) is 47.7 Å². The fraction of sp³-hybridized carbons (Fsp3) is 0.435. The molecule has 2 aromatic rings. The normalized spacial score (nSPS) is 15.8. The van der Waals surface area contributed by atoms with Gasteiger partial charge in [-0.15, -0.1) is 13.2 Å². The molecule has 1 fully saturated rings. The number of benzene rings is 2. The summed E-state index contributed by atoms with van der Waals surface area (Å²) in [6.07, 6.45) is -1.75. The third-order valence-corrected chi connectivity index (χ3v) is 7.02. The van der Waals surface area contributed by atoms with E-state index < -0.39 is 23.4 Å². The summed E-state index contributed by atoms with van der Waals surface area (Å²) in [5.74, 6) is -0.546. The number of likely N-dealkylation sites (tertiary alicyclic amines) is 1. The Kier molecular flexibility index (Phi) is 8.92. The van der Waals surface area contributed by atoms with Gasteiger partial charge in [0.2, 0.25) is 0 Å². The minimum atomic E-state index is -4.87. The minimum Gasteiger partial charge on any atom is -0.611 e. The van der Waals surface area contributed by atoms with Gasteiger partial charge in [0, 0.05) is 34.8 Å². The Bertz CT molecular complexity index is 968. The molecule has 0 spiro atoms. The second-order valence-electron chi connectivity index (χ2n) is 7.78. The average molecular weight is 503 g/mol. The predicted octanol–water partition coefficient (Wildman–Crippen LogP) is 5.28. The minimum absolute atomic E-state index is 0.0332. The number of carbonyl (C=O) groups excluding carboxylic acids is 1. The van der Waals surface area contributed by atoms with E-state index in [9.17, 15) is 22.5 Å². The zero-order valence-electron chi connectivity index (χ0n) is 18.2. The molecule has 1 amide bonds. The molecule has 0 bridgehead atoms. The molecule has 1 atom stereocenters. The summed E-state index contributed by atoms with van der Waals surface area (Å²) in [4.78, 5) is 15.3. The van der Waals surface area contributed by atoms with Crippen LogP contribution in [0.25, 0.3) is 0 Å². The first-order valence-electron chi connectivity index (χ1n) is 10.7. The first-order valence-corrected chi connectivity index (χ1v) is 12.4. The maximum Gasteiger partial charge on any atom is 0.573 e. The molecule has 0 radical (unpaired) electrons. The van der Waals surface area contributed by atoms with Crippen molar-refractivity contribution in [2.75, 3.05) is 18.8 Å². The number of carbonyl (C=O) groups is 1. The quantitative estimate of drug-likeness (QED) is 0.499. The van der Waals surface area contributed by atoms with Gasteiger partial charge in [-0.05, 0) is 74.4 Å². The van der Waals surface area contributed by atoms with E-state index in [0.717, 1.165) is 38.4 Å². The molecular weight excluding hydrogens is 477 g/mol. The molecule has 1 aliphatic heterocycles. The highest BCUT2D eigenvalue weighted by Gasteiger charge is 2.32. The van der Waals surface area contributed by atoms with Gasteiger partial charge >= 0.3 is 6.36 Å². The topological polar surface area (TPSA) is 64.6 Å². The van der Waals surface area contributed by atoms with E-state index in [1.807, 2.05) is 0 Å². The van der Waals surface area contributed by atoms with Crippen molar-refractivity contribution in [2.45, 2.75) is 50.5 Å². The van der Waals surface area contributed by atoms with E-state index >= 15 is 0 Å². The van der Waals surface area contributed by atoms with E-state index in [1.165, 1.54) is 12.1 Å². The van der Waals surface area contributed by atoms with Crippen LogP contribution < -0.4 is 10.1 Å². The van der Waals surface area contributed by atoms with Gasteiger partial charge in [0.05, 0.1) is 0 Å². The summed E-state index contributed by atoms with van der Waals surface area (Å²) in [6.45, 7) is 3.76. The van der Waals surface area contributed by atoms with Crippen molar-refractivity contribution in [1.82, 2.24) is 10.2 Å². The largest absolute Gasteiger partial charge is 0.611 e. The van der Waals surface area contributed by atoms with Crippen molar-refractivity contribution in [3.05, 3.63) is 58.1 Å². The van der Waals surface area contributed by atoms with Crippen molar-refractivity contribution >= 4 is 28.7 Å². The van der Waals surface area contributed by atoms with Crippen molar-refractivity contribution in [3.63, 3.8) is 0 Å². The molecule has 1 N–H and O–H groups in total. The van der Waals surface area contributed by atoms with Crippen LogP contribution in [0.5, 0.6) is 5.75 Å². The van der Waals surface area contributed by atoms with Crippen LogP contribution in [0, 0.1) is 0 Å². The van der Waals surface area contributed by atoms with Crippen molar-refractivity contribution in [3.8, 4) is 5.75 Å². The molecular formula is C23H26ClF3N2O3S. The third-order valence-electron chi connectivity index (χ3n) is 5.37. The first kappa shape index (κ1) is 25.7. The molecule has 5 nitrogen and oxygen atoms in total. The van der Waals surface area contributed by atoms with Gasteiger partial charge in [0.25, 0.3) is 5.91 Å². The van der Waals surface area contributed by atoms with E-state index in [-0.39, 0.29) is 17.9 Å². The number of nitrogens with zero attached hydrogens (tertiary/aromatic N) is 1. The lowest BCUT2D eigenvalue weighted by molar-refractivity contribution is -0.275. The molecule has 1 saturated heterocycles. The SMILES string of the molecule is CC[S+]([O-])c1ccc(Cl)cc1CNC(=O)c1ccc(CN2CCCCC2)c(OC(F)(F)F)c1. The Morgan fingerprint density at radius 2 is 1.88 bits per heavy atom. The predicted molar refractivity (Wildman–Crippen MR) is 122 cm³/mol. The summed E-state index contributed by atoms with van der Waals surface area (Å²) in [5, 5.41) is 3.10. The number of rotatable bonds is 8. The molecule has 33 heavy (non-hydrogen) atoms. The van der Waals surface area contributed by atoms with Crippen LogP contribution in [-0.2, 0) is 24.3 Å². The molecule has 10 heteroatoms. The molecule has 0 aromatic heterocycles. The Hall–Kier alpha value is -1.94. The smallest absolute Gasteiger partial charge is 0.573 e. The Balaban J connectivity index is 1.77. The summed E-state index contributed by atoms with van der Waals surface area (Å²) in [5.41, 5.74) is 1.00. The van der Waals surface area contributed by atoms with E-state index in [4.69, 9.17) is 11.6 Å². The highest BCUT2D eigenvalue weighted by Crippen LogP contribution is 2.29. The fourth-order valence-electron chi connectivity index (χ4n) is 3.75. The molecule has 1 aliphatic rings. The second-order valence-corrected chi connectivity index (χ2v) is 9.92. The van der Waals surface area contributed by atoms with Gasteiger partial charge < -0.3 is 14.6 Å². The number of halogens is 4. The Morgan fingerprint density at radius 3 is 2.55 bits per heavy atom. The zero-order valence-corrected chi connectivity index (χ0v) is 19.8. The second kappa shape index (κ2) is 11.5. The van der Waals surface area contributed by atoms with Gasteiger partial charge in [0.15, 0.2) is 4.90 Å². The third kappa shape index (κ3) is 7.53. The van der Waals surface area contributed by atoms with Crippen LogP contribution in [0.4, 0.5) is 13.2 Å². The summed E-state index contributed by atoms with van der Waals surface area (Å²) >= 11 is 4.79. The monoisotopic (exact) mass is 502 g/mol. The lowest BCUT2D eigenvalue weighted by atomic mass is 10.1. The summed E-state index contributed by atoms with van der Waals surface area (Å²) in [7, 11) is 0. The van der Waals surface area contributed by atoms with Crippen LogP contribution in [0.3, 0.4) is 0 Å². The lowest BCUT2D eigenvalue weighted by Gasteiger charge is -2.27. The van der Waals surface area contributed by atoms with Crippen molar-refractivity contribution in [2.24, 2.45) is 0 Å². The van der Waals surface area contributed by atoms with Crippen molar-refractivity contribution < 1.29 is 27.3 Å². The molecule has 0 aliphatic carbocycles. The van der Waals surface area contributed by atoms with Gasteiger partial charge in [-0.2, -0.15) is 0 Å². The van der Waals surface area contributed by atoms with E-state index in [1.54, 1.807) is 25.1 Å². The average Bonchev–Trinajstić information content (AvgIpc) is 2.78. The maximum absolute atomic E-state index is 13.0. The molecule has 0 saturated carbocycles. The van der Waals surface area contributed by atoms with Gasteiger partial charge in [-0.3, -0.25) is 9.69 Å². The standard InChI is InChI=1S/C23H26ClF3N2O3S/c1-2-33(31)21-9-8-19(24)12-18(21)14-28-22(30)16-6-7-17(15-29-10-4-3-5-11-29)20(13-16)32-23(25,26)27/h6-9,12-13H,2-5,10-11,14-15H2,1H3,(H,28,30). The number of amides is 1. The van der Waals surface area contributed by atoms with Crippen LogP contribution in [-0.4, -0.2) is 40.6 Å². The van der Waals surface area contributed by atoms with Crippen LogP contribution >= 0.6 is 11.6 Å². The number of hydrogen-bond donors (Lipinski definition) is 1.